The lowest BCUT2D eigenvalue weighted by Gasteiger charge is -2.33. The van der Waals surface area contributed by atoms with Crippen molar-refractivity contribution in [1.82, 2.24) is 4.90 Å². The van der Waals surface area contributed by atoms with Crippen LogP contribution in [0, 0.1) is 0 Å². The van der Waals surface area contributed by atoms with Crippen molar-refractivity contribution in [3.63, 3.8) is 0 Å². The topological polar surface area (TPSA) is 3.24 Å². The molecule has 0 aromatic carbocycles. The molecule has 0 radical (unpaired) electrons. The number of unbranched alkanes of at least 4 members (excludes halogenated alkanes) is 9. The lowest BCUT2D eigenvalue weighted by molar-refractivity contribution is 0.197. The van der Waals surface area contributed by atoms with Gasteiger partial charge in [0, 0.05) is 17.5 Å². The first-order chi connectivity index (χ1) is 10.8. The zero-order valence-corrected chi connectivity index (χ0v) is 18.3. The van der Waals surface area contributed by atoms with Crippen molar-refractivity contribution in [2.24, 2.45) is 0 Å². The van der Waals surface area contributed by atoms with E-state index in [2.05, 4.69) is 30.2 Å². The third-order valence-corrected chi connectivity index (χ3v) is 6.30. The van der Waals surface area contributed by atoms with Crippen LogP contribution in [0.15, 0.2) is 11.4 Å². The Balaban J connectivity index is 0.00000264. The van der Waals surface area contributed by atoms with Crippen molar-refractivity contribution in [2.75, 3.05) is 13.1 Å². The van der Waals surface area contributed by atoms with Crippen LogP contribution in [0.4, 0.5) is 0 Å². The lowest BCUT2D eigenvalue weighted by Crippen LogP contribution is -2.33. The van der Waals surface area contributed by atoms with E-state index in [1.807, 2.05) is 11.3 Å². The highest BCUT2D eigenvalue weighted by molar-refractivity contribution is 14.0. The SMILES string of the molecule is CCCCCCCCCCCCN1CCc2ccsc2C1C.I. The first kappa shape index (κ1) is 21.4. The molecule has 23 heavy (non-hydrogen) atoms. The molecule has 0 aliphatic carbocycles. The molecule has 0 spiro atoms. The van der Waals surface area contributed by atoms with Crippen molar-refractivity contribution in [2.45, 2.75) is 90.5 Å². The molecule has 1 aromatic heterocycles. The minimum Gasteiger partial charge on any atom is -0.295 e. The molecule has 1 unspecified atom stereocenters. The molecule has 0 N–H and O–H groups in total. The zero-order chi connectivity index (χ0) is 15.6. The molecule has 2 heterocycles. The molecular weight excluding hydrogens is 413 g/mol. The largest absolute Gasteiger partial charge is 0.295 e. The summed E-state index contributed by atoms with van der Waals surface area (Å²) in [4.78, 5) is 4.32. The number of rotatable bonds is 11. The Morgan fingerprint density at radius 3 is 2.26 bits per heavy atom. The number of hydrogen-bond acceptors (Lipinski definition) is 2. The highest BCUT2D eigenvalue weighted by atomic mass is 127. The first-order valence-electron chi connectivity index (χ1n) is 9.63. The summed E-state index contributed by atoms with van der Waals surface area (Å²) < 4.78 is 0. The van der Waals surface area contributed by atoms with Crippen molar-refractivity contribution in [3.05, 3.63) is 21.9 Å². The van der Waals surface area contributed by atoms with Crippen molar-refractivity contribution in [1.29, 1.82) is 0 Å². The van der Waals surface area contributed by atoms with E-state index in [0.29, 0.717) is 6.04 Å². The van der Waals surface area contributed by atoms with Crippen LogP contribution >= 0.6 is 35.3 Å². The van der Waals surface area contributed by atoms with E-state index in [9.17, 15) is 0 Å². The molecule has 1 aromatic rings. The molecule has 1 nitrogen and oxygen atoms in total. The third-order valence-electron chi connectivity index (χ3n) is 5.18. The lowest BCUT2D eigenvalue weighted by atomic mass is 10.0. The van der Waals surface area contributed by atoms with Crippen LogP contribution in [0.3, 0.4) is 0 Å². The zero-order valence-electron chi connectivity index (χ0n) is 15.2. The molecule has 1 atom stereocenters. The fraction of sp³-hybridized carbons (Fsp3) is 0.800. The van der Waals surface area contributed by atoms with Crippen LogP contribution in [-0.2, 0) is 6.42 Å². The summed E-state index contributed by atoms with van der Waals surface area (Å²) in [5, 5.41) is 2.27. The number of hydrogen-bond donors (Lipinski definition) is 0. The van der Waals surface area contributed by atoms with Gasteiger partial charge in [-0.05, 0) is 43.3 Å². The maximum atomic E-state index is 2.70. The van der Waals surface area contributed by atoms with E-state index < -0.39 is 0 Å². The van der Waals surface area contributed by atoms with Crippen molar-refractivity contribution >= 4 is 35.3 Å². The van der Waals surface area contributed by atoms with Gasteiger partial charge in [0.25, 0.3) is 0 Å². The summed E-state index contributed by atoms with van der Waals surface area (Å²) >= 11 is 1.95. The molecule has 3 heteroatoms. The van der Waals surface area contributed by atoms with E-state index >= 15 is 0 Å². The summed E-state index contributed by atoms with van der Waals surface area (Å²) in [6.07, 6.45) is 15.6. The maximum Gasteiger partial charge on any atom is 0.0416 e. The van der Waals surface area contributed by atoms with Gasteiger partial charge in [-0.3, -0.25) is 4.90 Å². The van der Waals surface area contributed by atoms with Crippen LogP contribution in [0.1, 0.15) is 94.5 Å². The monoisotopic (exact) mass is 449 g/mol. The van der Waals surface area contributed by atoms with Gasteiger partial charge in [-0.25, -0.2) is 0 Å². The van der Waals surface area contributed by atoms with E-state index in [4.69, 9.17) is 0 Å². The van der Waals surface area contributed by atoms with Crippen molar-refractivity contribution < 1.29 is 0 Å². The molecule has 0 amide bonds. The Morgan fingerprint density at radius 1 is 1.00 bits per heavy atom. The number of thiophene rings is 1. The second-order valence-corrected chi connectivity index (χ2v) is 7.90. The van der Waals surface area contributed by atoms with Gasteiger partial charge in [-0.1, -0.05) is 64.7 Å². The van der Waals surface area contributed by atoms with E-state index in [1.165, 1.54) is 83.7 Å². The fourth-order valence-electron chi connectivity index (χ4n) is 3.65. The predicted molar refractivity (Wildman–Crippen MR) is 115 cm³/mol. The third kappa shape index (κ3) is 7.43. The normalized spacial score (nSPS) is 17.7. The molecule has 1 aliphatic heterocycles. The van der Waals surface area contributed by atoms with Gasteiger partial charge in [-0.15, -0.1) is 35.3 Å². The van der Waals surface area contributed by atoms with Gasteiger partial charge in [0.2, 0.25) is 0 Å². The number of nitrogens with zero attached hydrogens (tertiary/aromatic N) is 1. The van der Waals surface area contributed by atoms with Gasteiger partial charge >= 0.3 is 0 Å². The second kappa shape index (κ2) is 12.7. The highest BCUT2D eigenvalue weighted by Gasteiger charge is 2.23. The predicted octanol–water partition coefficient (Wildman–Crippen LogP) is 7.21. The molecule has 134 valence electrons. The Bertz CT molecular complexity index is 404. The molecule has 0 saturated carbocycles. The molecule has 0 fully saturated rings. The minimum absolute atomic E-state index is 0. The summed E-state index contributed by atoms with van der Waals surface area (Å²) in [6, 6.07) is 2.98. The van der Waals surface area contributed by atoms with Gasteiger partial charge in [-0.2, -0.15) is 0 Å². The Morgan fingerprint density at radius 2 is 1.61 bits per heavy atom. The Kier molecular flexibility index (Phi) is 11.8. The minimum atomic E-state index is 0. The van der Waals surface area contributed by atoms with Gasteiger partial charge < -0.3 is 0 Å². The van der Waals surface area contributed by atoms with E-state index in [1.54, 1.807) is 10.4 Å². The van der Waals surface area contributed by atoms with Crippen LogP contribution < -0.4 is 0 Å². The van der Waals surface area contributed by atoms with Gasteiger partial charge in [0.15, 0.2) is 0 Å². The summed E-state index contributed by atoms with van der Waals surface area (Å²) in [7, 11) is 0. The Hall–Kier alpha value is 0.390. The van der Waals surface area contributed by atoms with Gasteiger partial charge in [0.1, 0.15) is 0 Å². The summed E-state index contributed by atoms with van der Waals surface area (Å²) in [5.41, 5.74) is 1.61. The average molecular weight is 449 g/mol. The quantitative estimate of drug-likeness (QED) is 0.255. The van der Waals surface area contributed by atoms with Crippen LogP contribution in [0.2, 0.25) is 0 Å². The van der Waals surface area contributed by atoms with E-state index in [0.717, 1.165) is 0 Å². The summed E-state index contributed by atoms with van der Waals surface area (Å²) in [5.74, 6) is 0. The maximum absolute atomic E-state index is 2.70. The number of fused-ring (bicyclic) bond motifs is 1. The second-order valence-electron chi connectivity index (χ2n) is 6.95. The van der Waals surface area contributed by atoms with Crippen molar-refractivity contribution in [3.8, 4) is 0 Å². The summed E-state index contributed by atoms with van der Waals surface area (Å²) in [6.45, 7) is 7.25. The molecule has 2 rings (SSSR count). The Labute approximate surface area is 165 Å². The van der Waals surface area contributed by atoms with Crippen LogP contribution in [-0.4, -0.2) is 18.0 Å². The highest BCUT2D eigenvalue weighted by Crippen LogP contribution is 2.33. The number of halogens is 1. The van der Waals surface area contributed by atoms with E-state index in [-0.39, 0.29) is 24.0 Å². The molecule has 0 saturated heterocycles. The molecular formula is C20H36INS. The first-order valence-corrected chi connectivity index (χ1v) is 10.5. The average Bonchev–Trinajstić information content (AvgIpc) is 3.00. The molecule has 0 bridgehead atoms. The standard InChI is InChI=1S/C20H35NS.HI/c1-3-4-5-6-7-8-9-10-11-12-15-21-16-13-19-14-17-22-20(19)18(21)2;/h14,17-18H,3-13,15-16H2,1-2H3;1H. The van der Waals surface area contributed by atoms with Gasteiger partial charge in [0.05, 0.1) is 0 Å². The fourth-order valence-corrected chi connectivity index (χ4v) is 4.70. The van der Waals surface area contributed by atoms with Crippen LogP contribution in [0.5, 0.6) is 0 Å². The molecule has 1 aliphatic rings. The van der Waals surface area contributed by atoms with Crippen LogP contribution in [0.25, 0.3) is 0 Å². The smallest absolute Gasteiger partial charge is 0.0416 e.